The number of nitrogens with zero attached hydrogens (tertiary/aromatic N) is 3. The molecule has 7 nitrogen and oxygen atoms in total. The Balaban J connectivity index is 1.48. The Morgan fingerprint density at radius 1 is 1.26 bits per heavy atom. The first-order valence-electron chi connectivity index (χ1n) is 10.0. The highest BCUT2D eigenvalue weighted by Gasteiger charge is 2.68. The van der Waals surface area contributed by atoms with E-state index in [9.17, 15) is 4.79 Å². The number of rotatable bonds is 4. The minimum absolute atomic E-state index is 0.0916. The molecule has 1 saturated heterocycles. The number of alkyl halides is 1. The number of aromatic nitrogens is 3. The number of carbonyl (C=O) groups excluding carboxylic acids is 1. The Morgan fingerprint density at radius 3 is 2.81 bits per heavy atom. The number of halogens is 2. The van der Waals surface area contributed by atoms with E-state index in [2.05, 4.69) is 9.97 Å². The van der Waals surface area contributed by atoms with Gasteiger partial charge in [0, 0.05) is 12.6 Å². The number of esters is 1. The average Bonchev–Trinajstić information content (AvgIpc) is 3.38. The second kappa shape index (κ2) is 6.98. The molecule has 0 spiro atoms. The predicted octanol–water partition coefficient (Wildman–Crippen LogP) is 4.25. The summed E-state index contributed by atoms with van der Waals surface area (Å²) in [5.41, 5.74) is -2.21. The summed E-state index contributed by atoms with van der Waals surface area (Å²) in [6.07, 6.45) is 2.50. The fourth-order valence-corrected chi connectivity index (χ4v) is 4.79. The molecule has 2 aliphatic rings. The van der Waals surface area contributed by atoms with Crippen LogP contribution in [0.2, 0.25) is 5.15 Å². The zero-order valence-corrected chi connectivity index (χ0v) is 17.8. The van der Waals surface area contributed by atoms with Gasteiger partial charge < -0.3 is 18.8 Å². The molecule has 1 saturated carbocycles. The van der Waals surface area contributed by atoms with E-state index in [0.29, 0.717) is 28.2 Å². The molecule has 1 aliphatic carbocycles. The highest BCUT2D eigenvalue weighted by molar-refractivity contribution is 6.33. The third kappa shape index (κ3) is 3.21. The second-order valence-corrected chi connectivity index (χ2v) is 8.77. The van der Waals surface area contributed by atoms with Gasteiger partial charge in [-0.25, -0.2) is 19.2 Å². The Morgan fingerprint density at radius 2 is 2.03 bits per heavy atom. The van der Waals surface area contributed by atoms with E-state index in [4.69, 9.17) is 25.8 Å². The van der Waals surface area contributed by atoms with Crippen LogP contribution in [0.4, 0.5) is 4.39 Å². The van der Waals surface area contributed by atoms with Gasteiger partial charge in [0.15, 0.2) is 17.2 Å². The van der Waals surface area contributed by atoms with Gasteiger partial charge in [0.2, 0.25) is 0 Å². The van der Waals surface area contributed by atoms with E-state index in [1.54, 1.807) is 61.0 Å². The molecule has 162 valence electrons. The molecule has 2 fully saturated rings. The summed E-state index contributed by atoms with van der Waals surface area (Å²) in [5, 5.41) is 0.939. The fraction of sp³-hybridized carbons (Fsp3) is 0.409. The Bertz CT molecular complexity index is 1150. The molecule has 0 N–H and O–H groups in total. The Kier molecular flexibility index (Phi) is 4.58. The minimum Gasteiger partial charge on any atom is -0.459 e. The topological polar surface area (TPSA) is 75.5 Å². The van der Waals surface area contributed by atoms with Crippen LogP contribution in [0.25, 0.3) is 11.0 Å². The van der Waals surface area contributed by atoms with E-state index < -0.39 is 35.9 Å². The lowest BCUT2D eigenvalue weighted by Gasteiger charge is -2.32. The summed E-state index contributed by atoms with van der Waals surface area (Å²) in [6, 6.07) is 10.3. The molecule has 31 heavy (non-hydrogen) atoms. The summed E-state index contributed by atoms with van der Waals surface area (Å²) in [7, 11) is 0. The van der Waals surface area contributed by atoms with Crippen molar-refractivity contribution in [3.05, 3.63) is 59.6 Å². The Hall–Kier alpha value is -2.55. The molecule has 1 aliphatic heterocycles. The van der Waals surface area contributed by atoms with Gasteiger partial charge in [-0.1, -0.05) is 29.8 Å². The van der Waals surface area contributed by atoms with Gasteiger partial charge in [0.1, 0.15) is 29.8 Å². The van der Waals surface area contributed by atoms with Crippen LogP contribution in [0, 0.1) is 0 Å². The smallest absolute Gasteiger partial charge is 0.338 e. The van der Waals surface area contributed by atoms with E-state index >= 15 is 4.39 Å². The average molecular weight is 446 g/mol. The molecule has 2 aromatic heterocycles. The highest BCUT2D eigenvalue weighted by atomic mass is 35.5. The van der Waals surface area contributed by atoms with E-state index in [1.807, 2.05) is 0 Å². The maximum atomic E-state index is 16.2. The number of benzene rings is 1. The largest absolute Gasteiger partial charge is 0.459 e. The molecule has 5 rings (SSSR count). The molecule has 0 amide bonds. The lowest BCUT2D eigenvalue weighted by atomic mass is 10.0. The zero-order valence-electron chi connectivity index (χ0n) is 17.0. The molecule has 3 atom stereocenters. The van der Waals surface area contributed by atoms with Crippen molar-refractivity contribution in [2.24, 2.45) is 0 Å². The summed E-state index contributed by atoms with van der Waals surface area (Å²) in [4.78, 5) is 20.7. The number of fused-ring (bicyclic) bond motifs is 2. The number of ether oxygens (including phenoxy) is 3. The highest BCUT2D eigenvalue weighted by Crippen LogP contribution is 2.56. The number of hydrogen-bond donors (Lipinski definition) is 0. The quantitative estimate of drug-likeness (QED) is 0.441. The summed E-state index contributed by atoms with van der Waals surface area (Å²) in [6.45, 7) is 3.02. The maximum Gasteiger partial charge on any atom is 0.338 e. The molecule has 0 bridgehead atoms. The molecule has 1 aromatic carbocycles. The van der Waals surface area contributed by atoms with Gasteiger partial charge in [-0.2, -0.15) is 0 Å². The predicted molar refractivity (Wildman–Crippen MR) is 110 cm³/mol. The van der Waals surface area contributed by atoms with Gasteiger partial charge in [-0.05, 0) is 38.5 Å². The van der Waals surface area contributed by atoms with E-state index in [0.717, 1.165) is 0 Å². The van der Waals surface area contributed by atoms with Crippen LogP contribution >= 0.6 is 11.6 Å². The lowest BCUT2D eigenvalue weighted by molar-refractivity contribution is -0.191. The maximum absolute atomic E-state index is 16.2. The zero-order chi connectivity index (χ0) is 21.9. The van der Waals surface area contributed by atoms with Crippen LogP contribution in [0.5, 0.6) is 0 Å². The number of carbonyl (C=O) groups is 1. The van der Waals surface area contributed by atoms with Crippen molar-refractivity contribution < 1.29 is 23.4 Å². The van der Waals surface area contributed by atoms with Gasteiger partial charge in [0.25, 0.3) is 0 Å². The molecule has 0 radical (unpaired) electrons. The summed E-state index contributed by atoms with van der Waals surface area (Å²) >= 11 is 6.20. The first-order chi connectivity index (χ1) is 14.7. The Labute approximate surface area is 183 Å². The molecular formula is C22H21ClFN3O4. The van der Waals surface area contributed by atoms with Gasteiger partial charge in [0.05, 0.1) is 10.9 Å². The monoisotopic (exact) mass is 445 g/mol. The van der Waals surface area contributed by atoms with Crippen LogP contribution in [0.1, 0.15) is 37.0 Å². The van der Waals surface area contributed by atoms with Gasteiger partial charge >= 0.3 is 5.97 Å². The SMILES string of the molecule is CC1(C)O[C@@H]2[C@@](F)(COC(=O)c3ccccc3)CC[C@@]2(n2ccc3c(Cl)ncnc32)O1. The first kappa shape index (κ1) is 20.4. The summed E-state index contributed by atoms with van der Waals surface area (Å²) in [5.74, 6) is -1.63. The second-order valence-electron chi connectivity index (χ2n) is 8.41. The first-order valence-corrected chi connectivity index (χ1v) is 10.4. The molecule has 0 unspecified atom stereocenters. The van der Waals surface area contributed by atoms with Crippen molar-refractivity contribution in [3.8, 4) is 0 Å². The van der Waals surface area contributed by atoms with Crippen molar-refractivity contribution in [3.63, 3.8) is 0 Å². The van der Waals surface area contributed by atoms with Crippen molar-refractivity contribution in [1.82, 2.24) is 14.5 Å². The molecular weight excluding hydrogens is 425 g/mol. The van der Waals surface area contributed by atoms with Gasteiger partial charge in [-0.15, -0.1) is 0 Å². The molecule has 9 heteroatoms. The van der Waals surface area contributed by atoms with Crippen LogP contribution < -0.4 is 0 Å². The standard InChI is InChI=1S/C22H21ClFN3O4/c1-20(2)30-19-21(24,12-29-18(28)14-6-4-3-5-7-14)9-10-22(19,31-20)27-11-8-15-16(23)25-13-26-17(15)27/h3-8,11,13,19H,9-10,12H2,1-2H3/t19-,21+,22-/m1/s1. The van der Waals surface area contributed by atoms with Gasteiger partial charge in [-0.3, -0.25) is 0 Å². The fourth-order valence-electron chi connectivity index (χ4n) is 4.60. The third-order valence-electron chi connectivity index (χ3n) is 5.90. The minimum atomic E-state index is -1.94. The van der Waals surface area contributed by atoms with Crippen molar-refractivity contribution in [1.29, 1.82) is 0 Å². The van der Waals surface area contributed by atoms with Crippen molar-refractivity contribution in [2.75, 3.05) is 6.61 Å². The lowest BCUT2D eigenvalue weighted by Crippen LogP contribution is -2.48. The van der Waals surface area contributed by atoms with Crippen molar-refractivity contribution >= 4 is 28.6 Å². The van der Waals surface area contributed by atoms with Crippen LogP contribution in [-0.4, -0.2) is 44.7 Å². The van der Waals surface area contributed by atoms with E-state index in [1.165, 1.54) is 6.33 Å². The van der Waals surface area contributed by atoms with Crippen LogP contribution in [-0.2, 0) is 19.9 Å². The number of hydrogen-bond acceptors (Lipinski definition) is 6. The molecule has 3 aromatic rings. The third-order valence-corrected chi connectivity index (χ3v) is 6.20. The molecule has 3 heterocycles. The van der Waals surface area contributed by atoms with Crippen LogP contribution in [0.15, 0.2) is 48.9 Å². The summed E-state index contributed by atoms with van der Waals surface area (Å²) < 4.78 is 35.7. The van der Waals surface area contributed by atoms with E-state index in [-0.39, 0.29) is 6.42 Å². The van der Waals surface area contributed by atoms with Crippen molar-refractivity contribution in [2.45, 2.75) is 50.0 Å². The van der Waals surface area contributed by atoms with Crippen LogP contribution in [0.3, 0.4) is 0 Å². The normalized spacial score (nSPS) is 29.2.